The molecular formula is C22H25FN4O3S. The van der Waals surface area contributed by atoms with Gasteiger partial charge in [0, 0.05) is 38.7 Å². The maximum absolute atomic E-state index is 13.0. The molecule has 1 N–H and O–H groups in total. The first-order valence-corrected chi connectivity index (χ1v) is 11.8. The van der Waals surface area contributed by atoms with Gasteiger partial charge in [0.25, 0.3) is 0 Å². The molecule has 1 aliphatic rings. The fraction of sp³-hybridized carbons (Fsp3) is 0.364. The fourth-order valence-electron chi connectivity index (χ4n) is 3.85. The van der Waals surface area contributed by atoms with Gasteiger partial charge in [-0.3, -0.25) is 4.79 Å². The van der Waals surface area contributed by atoms with Crippen molar-refractivity contribution < 1.29 is 17.6 Å². The van der Waals surface area contributed by atoms with Crippen molar-refractivity contribution in [2.45, 2.75) is 37.0 Å². The molecule has 0 bridgehead atoms. The number of rotatable bonds is 6. The van der Waals surface area contributed by atoms with Crippen LogP contribution in [0.3, 0.4) is 0 Å². The smallest absolute Gasteiger partial charge is 0.243 e. The number of carbonyl (C=O) groups excluding carboxylic acids is 1. The third kappa shape index (κ3) is 4.62. The van der Waals surface area contributed by atoms with Crippen molar-refractivity contribution in [3.63, 3.8) is 0 Å². The van der Waals surface area contributed by atoms with E-state index in [1.165, 1.54) is 24.3 Å². The van der Waals surface area contributed by atoms with Gasteiger partial charge in [-0.25, -0.2) is 17.8 Å². The lowest BCUT2D eigenvalue weighted by atomic mass is 10.2. The predicted octanol–water partition coefficient (Wildman–Crippen LogP) is 3.46. The Morgan fingerprint density at radius 1 is 1.10 bits per heavy atom. The van der Waals surface area contributed by atoms with E-state index in [0.29, 0.717) is 36.5 Å². The summed E-state index contributed by atoms with van der Waals surface area (Å²) in [5.74, 6) is 0.128. The van der Waals surface area contributed by atoms with Gasteiger partial charge in [0.15, 0.2) is 0 Å². The van der Waals surface area contributed by atoms with Gasteiger partial charge in [-0.05, 0) is 55.3 Å². The van der Waals surface area contributed by atoms with Crippen molar-refractivity contribution >= 4 is 32.7 Å². The number of nitrogens with one attached hydrogen (secondary N) is 1. The van der Waals surface area contributed by atoms with E-state index in [2.05, 4.69) is 10.3 Å². The van der Waals surface area contributed by atoms with E-state index in [1.807, 2.05) is 11.6 Å². The second-order valence-electron chi connectivity index (χ2n) is 7.76. The Kier molecular flexibility index (Phi) is 6.06. The first-order valence-electron chi connectivity index (χ1n) is 10.4. The fourth-order valence-corrected chi connectivity index (χ4v) is 5.39. The van der Waals surface area contributed by atoms with Gasteiger partial charge >= 0.3 is 0 Å². The highest BCUT2D eigenvalue weighted by molar-refractivity contribution is 7.89. The number of anilines is 1. The standard InChI is InChI=1S/C22H25FN4O3S/c1-26-20-10-9-18(31(29,30)27-13-3-2-4-14-27)15-19(20)25-21(26)11-12-22(28)24-17-7-5-16(23)6-8-17/h5-10,15H,2-4,11-14H2,1H3,(H,24,28). The number of aromatic nitrogens is 2. The minimum Gasteiger partial charge on any atom is -0.331 e. The van der Waals surface area contributed by atoms with Crippen LogP contribution in [0.15, 0.2) is 47.4 Å². The van der Waals surface area contributed by atoms with Gasteiger partial charge in [0.05, 0.1) is 15.9 Å². The first kappa shape index (κ1) is 21.5. The maximum Gasteiger partial charge on any atom is 0.243 e. The molecule has 2 heterocycles. The van der Waals surface area contributed by atoms with Crippen LogP contribution in [0.25, 0.3) is 11.0 Å². The van der Waals surface area contributed by atoms with Crippen LogP contribution < -0.4 is 5.32 Å². The predicted molar refractivity (Wildman–Crippen MR) is 117 cm³/mol. The molecule has 1 saturated heterocycles. The molecule has 0 saturated carbocycles. The van der Waals surface area contributed by atoms with Gasteiger partial charge in [0.2, 0.25) is 15.9 Å². The summed E-state index contributed by atoms with van der Waals surface area (Å²) in [6.45, 7) is 1.11. The number of imidazole rings is 1. The number of benzene rings is 2. The molecule has 31 heavy (non-hydrogen) atoms. The minimum atomic E-state index is -3.53. The Balaban J connectivity index is 1.48. The van der Waals surface area contributed by atoms with Crippen LogP contribution in [-0.4, -0.2) is 41.3 Å². The second-order valence-corrected chi connectivity index (χ2v) is 9.70. The highest BCUT2D eigenvalue weighted by Crippen LogP contribution is 2.25. The molecule has 0 unspecified atom stereocenters. The average Bonchev–Trinajstić information content (AvgIpc) is 3.09. The molecule has 9 heteroatoms. The zero-order valence-electron chi connectivity index (χ0n) is 17.3. The van der Waals surface area contributed by atoms with Gasteiger partial charge in [-0.2, -0.15) is 4.31 Å². The van der Waals surface area contributed by atoms with E-state index in [4.69, 9.17) is 0 Å². The van der Waals surface area contributed by atoms with Crippen LogP contribution in [0, 0.1) is 5.82 Å². The Labute approximate surface area is 180 Å². The van der Waals surface area contributed by atoms with E-state index in [0.717, 1.165) is 24.8 Å². The number of piperidine rings is 1. The Hall–Kier alpha value is -2.78. The van der Waals surface area contributed by atoms with E-state index in [-0.39, 0.29) is 23.0 Å². The number of fused-ring (bicyclic) bond motifs is 1. The van der Waals surface area contributed by atoms with Gasteiger partial charge in [-0.15, -0.1) is 0 Å². The van der Waals surface area contributed by atoms with E-state index in [9.17, 15) is 17.6 Å². The van der Waals surface area contributed by atoms with Gasteiger partial charge in [-0.1, -0.05) is 6.42 Å². The highest BCUT2D eigenvalue weighted by Gasteiger charge is 2.26. The Bertz CT molecular complexity index is 1200. The topological polar surface area (TPSA) is 84.3 Å². The molecule has 1 amide bonds. The molecule has 0 spiro atoms. The lowest BCUT2D eigenvalue weighted by molar-refractivity contribution is -0.116. The number of hydrogen-bond acceptors (Lipinski definition) is 4. The molecule has 1 fully saturated rings. The number of nitrogens with zero attached hydrogens (tertiary/aromatic N) is 3. The number of hydrogen-bond donors (Lipinski definition) is 1. The van der Waals surface area contributed by atoms with Crippen molar-refractivity contribution in [3.05, 3.63) is 54.1 Å². The largest absolute Gasteiger partial charge is 0.331 e. The number of sulfonamides is 1. The molecule has 2 aromatic carbocycles. The van der Waals surface area contributed by atoms with Crippen molar-refractivity contribution in [1.29, 1.82) is 0 Å². The summed E-state index contributed by atoms with van der Waals surface area (Å²) < 4.78 is 42.3. The molecule has 0 atom stereocenters. The van der Waals surface area contributed by atoms with E-state index >= 15 is 0 Å². The third-order valence-corrected chi connectivity index (χ3v) is 7.50. The maximum atomic E-state index is 13.0. The van der Waals surface area contributed by atoms with Crippen LogP contribution in [0.1, 0.15) is 31.5 Å². The number of carbonyl (C=O) groups is 1. The van der Waals surface area contributed by atoms with Gasteiger partial charge in [0.1, 0.15) is 11.6 Å². The summed E-state index contributed by atoms with van der Waals surface area (Å²) in [5, 5.41) is 2.73. The Morgan fingerprint density at radius 3 is 2.52 bits per heavy atom. The third-order valence-electron chi connectivity index (χ3n) is 5.60. The number of halogens is 1. The molecule has 1 aromatic heterocycles. The summed E-state index contributed by atoms with van der Waals surface area (Å²) in [7, 11) is -1.68. The summed E-state index contributed by atoms with van der Waals surface area (Å²) in [5.41, 5.74) is 1.94. The van der Waals surface area contributed by atoms with Crippen molar-refractivity contribution in [2.24, 2.45) is 7.05 Å². The van der Waals surface area contributed by atoms with Crippen LogP contribution in [0.4, 0.5) is 10.1 Å². The van der Waals surface area contributed by atoms with Crippen molar-refractivity contribution in [2.75, 3.05) is 18.4 Å². The average molecular weight is 445 g/mol. The molecule has 1 aliphatic heterocycles. The molecular weight excluding hydrogens is 419 g/mol. The van der Waals surface area contributed by atoms with Crippen LogP contribution in [-0.2, 0) is 28.3 Å². The first-order chi connectivity index (χ1) is 14.8. The Morgan fingerprint density at radius 2 is 1.81 bits per heavy atom. The zero-order chi connectivity index (χ0) is 22.0. The van der Waals surface area contributed by atoms with Crippen LogP contribution in [0.5, 0.6) is 0 Å². The summed E-state index contributed by atoms with van der Waals surface area (Å²) in [6.07, 6.45) is 3.42. The minimum absolute atomic E-state index is 0.202. The summed E-state index contributed by atoms with van der Waals surface area (Å²) >= 11 is 0. The zero-order valence-corrected chi connectivity index (χ0v) is 18.2. The quantitative estimate of drug-likeness (QED) is 0.631. The second kappa shape index (κ2) is 8.76. The molecule has 3 aromatic rings. The van der Waals surface area contributed by atoms with Crippen LogP contribution in [0.2, 0.25) is 0 Å². The normalized spacial score (nSPS) is 15.3. The highest BCUT2D eigenvalue weighted by atomic mass is 32.2. The van der Waals surface area contributed by atoms with Crippen molar-refractivity contribution in [1.82, 2.24) is 13.9 Å². The SMILES string of the molecule is Cn1c(CCC(=O)Nc2ccc(F)cc2)nc2cc(S(=O)(=O)N3CCCCC3)ccc21. The van der Waals surface area contributed by atoms with Gasteiger partial charge < -0.3 is 9.88 Å². The van der Waals surface area contributed by atoms with Crippen LogP contribution >= 0.6 is 0 Å². The molecule has 164 valence electrons. The van der Waals surface area contributed by atoms with E-state index < -0.39 is 10.0 Å². The molecule has 0 radical (unpaired) electrons. The monoisotopic (exact) mass is 444 g/mol. The molecule has 0 aliphatic carbocycles. The van der Waals surface area contributed by atoms with Crippen molar-refractivity contribution in [3.8, 4) is 0 Å². The van der Waals surface area contributed by atoms with E-state index in [1.54, 1.807) is 22.5 Å². The molecule has 7 nitrogen and oxygen atoms in total. The summed E-state index contributed by atoms with van der Waals surface area (Å²) in [4.78, 5) is 17.1. The summed E-state index contributed by atoms with van der Waals surface area (Å²) in [6, 6.07) is 10.6. The number of amides is 1. The molecule has 4 rings (SSSR count). The number of aryl methyl sites for hydroxylation is 2. The lowest BCUT2D eigenvalue weighted by Gasteiger charge is -2.25. The lowest BCUT2D eigenvalue weighted by Crippen LogP contribution is -2.35.